The van der Waals surface area contributed by atoms with Crippen molar-refractivity contribution in [3.05, 3.63) is 51.3 Å². The van der Waals surface area contributed by atoms with Crippen molar-refractivity contribution in [1.82, 2.24) is 4.57 Å². The van der Waals surface area contributed by atoms with Crippen LogP contribution in [0.5, 0.6) is 5.75 Å². The molecule has 2 heterocycles. The van der Waals surface area contributed by atoms with E-state index >= 15 is 0 Å². The van der Waals surface area contributed by atoms with E-state index in [9.17, 15) is 4.79 Å². The molecule has 0 bridgehead atoms. The molecule has 0 N–H and O–H groups in total. The Labute approximate surface area is 159 Å². The van der Waals surface area contributed by atoms with Crippen LogP contribution in [-0.4, -0.2) is 11.7 Å². The van der Waals surface area contributed by atoms with Crippen LogP contribution in [0.3, 0.4) is 0 Å². The van der Waals surface area contributed by atoms with Gasteiger partial charge in [0.25, 0.3) is 5.56 Å². The van der Waals surface area contributed by atoms with Gasteiger partial charge in [-0.15, -0.1) is 11.3 Å². The van der Waals surface area contributed by atoms with E-state index in [1.54, 1.807) is 23.0 Å². The molecule has 0 radical (unpaired) electrons. The van der Waals surface area contributed by atoms with Gasteiger partial charge in [-0.05, 0) is 49.1 Å². The maximum absolute atomic E-state index is 12.6. The molecule has 4 heteroatoms. The number of hydrogen-bond donors (Lipinski definition) is 0. The van der Waals surface area contributed by atoms with Crippen molar-refractivity contribution in [1.29, 1.82) is 0 Å². The Hall–Kier alpha value is -2.07. The summed E-state index contributed by atoms with van der Waals surface area (Å²) in [7, 11) is 3.52. The summed E-state index contributed by atoms with van der Waals surface area (Å²) < 4.78 is 8.14. The van der Waals surface area contributed by atoms with Gasteiger partial charge in [0.1, 0.15) is 5.75 Å². The highest BCUT2D eigenvalue weighted by atomic mass is 32.1. The molecule has 2 aromatic heterocycles. The monoisotopic (exact) mass is 369 g/mol. The summed E-state index contributed by atoms with van der Waals surface area (Å²) in [4.78, 5) is 13.9. The molecule has 0 fully saturated rings. The Morgan fingerprint density at radius 3 is 2.62 bits per heavy atom. The number of nitrogens with zero attached hydrogens (tertiary/aromatic N) is 1. The average Bonchev–Trinajstić information content (AvgIpc) is 3.06. The topological polar surface area (TPSA) is 31.2 Å². The number of benzene rings is 1. The predicted molar refractivity (Wildman–Crippen MR) is 112 cm³/mol. The standard InChI is InChI=1S/C22H27NO2S/c1-5-6-7-8-9-17-13-19-21(26-17)20(14-23(3)22(19)24)18-11-10-16(25-4)12-15(18)2/h10-14H,5-9H2,1-4H3. The highest BCUT2D eigenvalue weighted by Crippen LogP contribution is 2.36. The molecule has 0 spiro atoms. The number of aromatic nitrogens is 1. The average molecular weight is 370 g/mol. The number of fused-ring (bicyclic) bond motifs is 1. The Balaban J connectivity index is 2.06. The van der Waals surface area contributed by atoms with E-state index in [4.69, 9.17) is 4.74 Å². The van der Waals surface area contributed by atoms with Gasteiger partial charge in [0.15, 0.2) is 0 Å². The normalized spacial score (nSPS) is 11.2. The quantitative estimate of drug-likeness (QED) is 0.500. The van der Waals surface area contributed by atoms with E-state index in [1.807, 2.05) is 25.4 Å². The van der Waals surface area contributed by atoms with Crippen LogP contribution < -0.4 is 10.3 Å². The molecule has 0 aliphatic heterocycles. The first-order chi connectivity index (χ1) is 12.5. The molecular weight excluding hydrogens is 342 g/mol. The molecule has 0 aliphatic carbocycles. The molecule has 1 aromatic carbocycles. The van der Waals surface area contributed by atoms with Gasteiger partial charge < -0.3 is 9.30 Å². The molecular formula is C22H27NO2S. The summed E-state index contributed by atoms with van der Waals surface area (Å²) in [5.74, 6) is 0.857. The van der Waals surface area contributed by atoms with Gasteiger partial charge in [-0.1, -0.05) is 32.3 Å². The fraction of sp³-hybridized carbons (Fsp3) is 0.409. The zero-order valence-electron chi connectivity index (χ0n) is 16.1. The van der Waals surface area contributed by atoms with E-state index in [-0.39, 0.29) is 5.56 Å². The molecule has 0 saturated heterocycles. The summed E-state index contributed by atoms with van der Waals surface area (Å²) in [6, 6.07) is 8.23. The highest BCUT2D eigenvalue weighted by molar-refractivity contribution is 7.19. The molecule has 0 atom stereocenters. The van der Waals surface area contributed by atoms with Crippen LogP contribution in [0.4, 0.5) is 0 Å². The van der Waals surface area contributed by atoms with Crippen molar-refractivity contribution < 1.29 is 4.74 Å². The van der Waals surface area contributed by atoms with Crippen LogP contribution in [-0.2, 0) is 13.5 Å². The van der Waals surface area contributed by atoms with Crippen molar-refractivity contribution >= 4 is 21.4 Å². The SMILES string of the molecule is CCCCCCc1cc2c(=O)n(C)cc(-c3ccc(OC)cc3C)c2s1. The van der Waals surface area contributed by atoms with Gasteiger partial charge in [0.05, 0.1) is 12.5 Å². The summed E-state index contributed by atoms with van der Waals surface area (Å²) in [6.45, 7) is 4.32. The van der Waals surface area contributed by atoms with E-state index in [0.29, 0.717) is 0 Å². The second-order valence-corrected chi connectivity index (χ2v) is 8.04. The minimum atomic E-state index is 0.0889. The number of unbranched alkanes of at least 4 members (excludes halogenated alkanes) is 3. The maximum Gasteiger partial charge on any atom is 0.259 e. The van der Waals surface area contributed by atoms with Gasteiger partial charge in [-0.25, -0.2) is 0 Å². The number of methoxy groups -OCH3 is 1. The van der Waals surface area contributed by atoms with E-state index in [0.717, 1.165) is 38.9 Å². The highest BCUT2D eigenvalue weighted by Gasteiger charge is 2.15. The van der Waals surface area contributed by atoms with E-state index < -0.39 is 0 Å². The lowest BCUT2D eigenvalue weighted by Crippen LogP contribution is -2.15. The van der Waals surface area contributed by atoms with Crippen LogP contribution in [0, 0.1) is 6.92 Å². The third-order valence-electron chi connectivity index (χ3n) is 4.90. The summed E-state index contributed by atoms with van der Waals surface area (Å²) in [6.07, 6.45) is 8.00. The third kappa shape index (κ3) is 3.70. The van der Waals surface area contributed by atoms with Crippen molar-refractivity contribution in [2.24, 2.45) is 7.05 Å². The summed E-state index contributed by atoms with van der Waals surface area (Å²) >= 11 is 1.77. The first kappa shape index (κ1) is 18.7. The molecule has 0 aliphatic rings. The minimum absolute atomic E-state index is 0.0889. The molecule has 0 unspecified atom stereocenters. The van der Waals surface area contributed by atoms with Crippen LogP contribution in [0.1, 0.15) is 43.0 Å². The second kappa shape index (κ2) is 8.09. The number of ether oxygens (including phenoxy) is 1. The first-order valence-electron chi connectivity index (χ1n) is 9.32. The van der Waals surface area contributed by atoms with Crippen LogP contribution in [0.2, 0.25) is 0 Å². The molecule has 3 aromatic rings. The Bertz CT molecular complexity index is 968. The number of aryl methyl sites for hydroxylation is 3. The predicted octanol–water partition coefficient (Wildman–Crippen LogP) is 5.71. The largest absolute Gasteiger partial charge is 0.497 e. The lowest BCUT2D eigenvalue weighted by atomic mass is 10.0. The van der Waals surface area contributed by atoms with Gasteiger partial charge in [0, 0.05) is 28.4 Å². The maximum atomic E-state index is 12.6. The Morgan fingerprint density at radius 1 is 1.12 bits per heavy atom. The molecule has 0 amide bonds. The van der Waals surface area contributed by atoms with Gasteiger partial charge >= 0.3 is 0 Å². The number of thiophene rings is 1. The number of rotatable bonds is 7. The first-order valence-corrected chi connectivity index (χ1v) is 10.1. The summed E-state index contributed by atoms with van der Waals surface area (Å²) in [5.41, 5.74) is 3.53. The fourth-order valence-corrected chi connectivity index (χ4v) is 4.62. The van der Waals surface area contributed by atoms with Crippen LogP contribution in [0.15, 0.2) is 35.3 Å². The zero-order chi connectivity index (χ0) is 18.7. The molecule has 0 saturated carbocycles. The Kier molecular flexibility index (Phi) is 5.82. The van der Waals surface area contributed by atoms with E-state index in [2.05, 4.69) is 26.0 Å². The van der Waals surface area contributed by atoms with Crippen molar-refractivity contribution in [3.8, 4) is 16.9 Å². The second-order valence-electron chi connectivity index (χ2n) is 6.91. The molecule has 138 valence electrons. The lowest BCUT2D eigenvalue weighted by Gasteiger charge is -2.11. The summed E-state index contributed by atoms with van der Waals surface area (Å²) in [5, 5.41) is 0.843. The van der Waals surface area contributed by atoms with Gasteiger partial charge in [0.2, 0.25) is 0 Å². The number of hydrogen-bond acceptors (Lipinski definition) is 3. The minimum Gasteiger partial charge on any atom is -0.497 e. The van der Waals surface area contributed by atoms with Crippen LogP contribution in [0.25, 0.3) is 21.2 Å². The molecule has 3 rings (SSSR count). The third-order valence-corrected chi connectivity index (χ3v) is 6.13. The zero-order valence-corrected chi connectivity index (χ0v) is 16.9. The molecule has 26 heavy (non-hydrogen) atoms. The van der Waals surface area contributed by atoms with Crippen molar-refractivity contribution in [3.63, 3.8) is 0 Å². The van der Waals surface area contributed by atoms with E-state index in [1.165, 1.54) is 30.6 Å². The fourth-order valence-electron chi connectivity index (χ4n) is 3.41. The van der Waals surface area contributed by atoms with Gasteiger partial charge in [-0.3, -0.25) is 4.79 Å². The van der Waals surface area contributed by atoms with Crippen LogP contribution >= 0.6 is 11.3 Å². The van der Waals surface area contributed by atoms with Gasteiger partial charge in [-0.2, -0.15) is 0 Å². The lowest BCUT2D eigenvalue weighted by molar-refractivity contribution is 0.414. The smallest absolute Gasteiger partial charge is 0.259 e. The Morgan fingerprint density at radius 2 is 1.92 bits per heavy atom. The molecule has 3 nitrogen and oxygen atoms in total. The number of pyridine rings is 1. The van der Waals surface area contributed by atoms with Crippen molar-refractivity contribution in [2.45, 2.75) is 46.0 Å². The van der Waals surface area contributed by atoms with Crippen molar-refractivity contribution in [2.75, 3.05) is 7.11 Å².